The van der Waals surface area contributed by atoms with Gasteiger partial charge in [0.2, 0.25) is 0 Å². The Morgan fingerprint density at radius 1 is 0.744 bits per heavy atom. The lowest BCUT2D eigenvalue weighted by molar-refractivity contribution is 0.0693. The third kappa shape index (κ3) is 5.05. The lowest BCUT2D eigenvalue weighted by atomic mass is 10.0. The first-order valence-electron chi connectivity index (χ1n) is 12.4. The summed E-state index contributed by atoms with van der Waals surface area (Å²) >= 11 is 0. The van der Waals surface area contributed by atoms with Crippen LogP contribution in [0.1, 0.15) is 27.3 Å². The van der Waals surface area contributed by atoms with Gasteiger partial charge in [-0.25, -0.2) is 18.6 Å². The van der Waals surface area contributed by atoms with Gasteiger partial charge in [0, 0.05) is 11.6 Å². The van der Waals surface area contributed by atoms with E-state index < -0.39 is 17.6 Å². The van der Waals surface area contributed by atoms with Crippen LogP contribution in [0, 0.1) is 11.6 Å². The Hall–Kier alpha value is -5.10. The van der Waals surface area contributed by atoms with E-state index in [1.54, 1.807) is 6.08 Å². The maximum atomic E-state index is 13.7. The largest absolute Gasteiger partial charge is 0.422 e. The highest BCUT2D eigenvalue weighted by Crippen LogP contribution is 2.27. The third-order valence-electron chi connectivity index (χ3n) is 6.56. The summed E-state index contributed by atoms with van der Waals surface area (Å²) < 4.78 is 35.0. The average Bonchev–Trinajstić information content (AvgIpc) is 3.30. The molecule has 0 unspecified atom stereocenters. The van der Waals surface area contributed by atoms with Gasteiger partial charge in [-0.15, -0.1) is 0 Å². The molecule has 0 aliphatic carbocycles. The van der Waals surface area contributed by atoms with Gasteiger partial charge >= 0.3 is 5.97 Å². The first kappa shape index (κ1) is 24.2. The number of para-hydroxylation sites is 2. The van der Waals surface area contributed by atoms with Gasteiger partial charge < -0.3 is 9.30 Å². The molecule has 5 aromatic carbocycles. The minimum Gasteiger partial charge on any atom is -0.422 e. The van der Waals surface area contributed by atoms with E-state index in [1.165, 1.54) is 48.5 Å². The number of hydrogen-bond acceptors (Lipinski definition) is 3. The van der Waals surface area contributed by atoms with Gasteiger partial charge in [0.25, 0.3) is 0 Å². The van der Waals surface area contributed by atoms with Crippen molar-refractivity contribution in [3.63, 3.8) is 0 Å². The molecule has 190 valence electrons. The predicted molar refractivity (Wildman–Crippen MR) is 149 cm³/mol. The summed E-state index contributed by atoms with van der Waals surface area (Å²) in [6, 6.07) is 32.9. The zero-order valence-electron chi connectivity index (χ0n) is 20.7. The van der Waals surface area contributed by atoms with Crippen LogP contribution in [0.25, 0.3) is 33.6 Å². The second-order valence-corrected chi connectivity index (χ2v) is 9.10. The van der Waals surface area contributed by atoms with Crippen LogP contribution < -0.4 is 0 Å². The maximum Gasteiger partial charge on any atom is 0.343 e. The molecule has 0 saturated carbocycles. The molecule has 0 bridgehead atoms. The van der Waals surface area contributed by atoms with Gasteiger partial charge in [-0.2, -0.15) is 0 Å². The van der Waals surface area contributed by atoms with Crippen LogP contribution in [0.15, 0.2) is 115 Å². The number of benzene rings is 5. The number of esters is 1. The fourth-order valence-corrected chi connectivity index (χ4v) is 4.62. The Kier molecular flexibility index (Phi) is 6.43. The second-order valence-electron chi connectivity index (χ2n) is 9.10. The highest BCUT2D eigenvalue weighted by molar-refractivity contribution is 5.95. The van der Waals surface area contributed by atoms with E-state index in [2.05, 4.69) is 28.8 Å². The molecule has 6 rings (SSSR count). The standard InChI is InChI=1S/C33H22F2N2O2/c34-26-16-12-23(13-17-26)31(39-33(38)24-14-18-27(35)19-15-24)20-32-36-29-10-3-4-11-30(29)37(32)21-25-8-5-7-22-6-1-2-9-28(22)25/h1-20H,21H2/b31-20-. The molecule has 0 saturated heterocycles. The minimum absolute atomic E-state index is 0.189. The van der Waals surface area contributed by atoms with E-state index in [1.807, 2.05) is 42.5 Å². The molecular weight excluding hydrogens is 494 g/mol. The lowest BCUT2D eigenvalue weighted by Gasteiger charge is -2.13. The van der Waals surface area contributed by atoms with Gasteiger partial charge in [-0.3, -0.25) is 0 Å². The first-order chi connectivity index (χ1) is 19.0. The van der Waals surface area contributed by atoms with Crippen molar-refractivity contribution in [2.45, 2.75) is 6.54 Å². The fraction of sp³-hybridized carbons (Fsp3) is 0.0303. The number of carbonyl (C=O) groups excluding carboxylic acids is 1. The van der Waals surface area contributed by atoms with Crippen molar-refractivity contribution >= 4 is 39.6 Å². The fourth-order valence-electron chi connectivity index (χ4n) is 4.62. The normalized spacial score (nSPS) is 11.7. The Morgan fingerprint density at radius 2 is 1.38 bits per heavy atom. The molecule has 0 amide bonds. The van der Waals surface area contributed by atoms with Crippen LogP contribution >= 0.6 is 0 Å². The monoisotopic (exact) mass is 516 g/mol. The van der Waals surface area contributed by atoms with Crippen molar-refractivity contribution in [3.05, 3.63) is 149 Å². The van der Waals surface area contributed by atoms with Crippen LogP contribution in [-0.2, 0) is 11.3 Å². The highest BCUT2D eigenvalue weighted by Gasteiger charge is 2.17. The van der Waals surface area contributed by atoms with Gasteiger partial charge in [0.15, 0.2) is 0 Å². The molecule has 0 radical (unpaired) electrons. The van der Waals surface area contributed by atoms with Crippen molar-refractivity contribution in [3.8, 4) is 0 Å². The molecule has 0 aliphatic heterocycles. The summed E-state index contributed by atoms with van der Waals surface area (Å²) in [7, 11) is 0. The molecule has 6 heteroatoms. The SMILES string of the molecule is O=C(O/C(=C\c1nc2ccccc2n1Cc1cccc2ccccc12)c1ccc(F)cc1)c1ccc(F)cc1. The van der Waals surface area contributed by atoms with E-state index >= 15 is 0 Å². The molecule has 1 aromatic heterocycles. The van der Waals surface area contributed by atoms with Crippen LogP contribution in [0.5, 0.6) is 0 Å². The Balaban J connectivity index is 1.47. The van der Waals surface area contributed by atoms with Gasteiger partial charge in [0.05, 0.1) is 23.1 Å². The van der Waals surface area contributed by atoms with E-state index in [0.717, 1.165) is 27.4 Å². The van der Waals surface area contributed by atoms with Gasteiger partial charge in [-0.1, -0.05) is 54.6 Å². The number of halogens is 2. The van der Waals surface area contributed by atoms with Crippen LogP contribution in [0.2, 0.25) is 0 Å². The first-order valence-corrected chi connectivity index (χ1v) is 12.4. The van der Waals surface area contributed by atoms with Crippen LogP contribution in [0.3, 0.4) is 0 Å². The number of nitrogens with zero attached hydrogens (tertiary/aromatic N) is 2. The van der Waals surface area contributed by atoms with Gasteiger partial charge in [-0.05, 0) is 77.0 Å². The van der Waals surface area contributed by atoms with Crippen molar-refractivity contribution in [1.29, 1.82) is 0 Å². The quantitative estimate of drug-likeness (QED) is 0.167. The molecule has 4 nitrogen and oxygen atoms in total. The zero-order chi connectivity index (χ0) is 26.8. The number of fused-ring (bicyclic) bond motifs is 2. The zero-order valence-corrected chi connectivity index (χ0v) is 20.7. The second kappa shape index (κ2) is 10.3. The number of ether oxygens (including phenoxy) is 1. The van der Waals surface area contributed by atoms with Gasteiger partial charge in [0.1, 0.15) is 23.2 Å². The molecule has 6 aromatic rings. The van der Waals surface area contributed by atoms with E-state index in [4.69, 9.17) is 9.72 Å². The molecule has 0 atom stereocenters. The Morgan fingerprint density at radius 3 is 2.15 bits per heavy atom. The van der Waals surface area contributed by atoms with Crippen molar-refractivity contribution < 1.29 is 18.3 Å². The molecule has 0 spiro atoms. The number of imidazole rings is 1. The average molecular weight is 517 g/mol. The molecule has 0 aliphatic rings. The van der Waals surface area contributed by atoms with Crippen LogP contribution in [-0.4, -0.2) is 15.5 Å². The Bertz CT molecular complexity index is 1830. The summed E-state index contributed by atoms with van der Waals surface area (Å²) in [4.78, 5) is 17.8. The number of hydrogen-bond donors (Lipinski definition) is 0. The molecule has 39 heavy (non-hydrogen) atoms. The molecule has 0 N–H and O–H groups in total. The summed E-state index contributed by atoms with van der Waals surface area (Å²) in [5, 5.41) is 2.27. The summed E-state index contributed by atoms with van der Waals surface area (Å²) in [6.07, 6.45) is 1.68. The van der Waals surface area contributed by atoms with Crippen molar-refractivity contribution in [2.24, 2.45) is 0 Å². The van der Waals surface area contributed by atoms with E-state index in [9.17, 15) is 13.6 Å². The van der Waals surface area contributed by atoms with Crippen molar-refractivity contribution in [1.82, 2.24) is 9.55 Å². The number of rotatable bonds is 6. The maximum absolute atomic E-state index is 13.7. The number of aromatic nitrogens is 2. The highest BCUT2D eigenvalue weighted by atomic mass is 19.1. The summed E-state index contributed by atoms with van der Waals surface area (Å²) in [5.41, 5.74) is 3.49. The minimum atomic E-state index is -0.665. The van der Waals surface area contributed by atoms with Crippen molar-refractivity contribution in [2.75, 3.05) is 0 Å². The molecular formula is C33H22F2N2O2. The molecule has 0 fully saturated rings. The van der Waals surface area contributed by atoms with Crippen LogP contribution in [0.4, 0.5) is 8.78 Å². The predicted octanol–water partition coefficient (Wildman–Crippen LogP) is 7.87. The summed E-state index contributed by atoms with van der Waals surface area (Å²) in [6.45, 7) is 0.524. The smallest absolute Gasteiger partial charge is 0.343 e. The Labute approximate surface area is 223 Å². The third-order valence-corrected chi connectivity index (χ3v) is 6.56. The lowest BCUT2D eigenvalue weighted by Crippen LogP contribution is -2.07. The topological polar surface area (TPSA) is 44.1 Å². The summed E-state index contributed by atoms with van der Waals surface area (Å²) in [5.74, 6) is -0.773. The van der Waals surface area contributed by atoms with E-state index in [-0.39, 0.29) is 11.3 Å². The van der Waals surface area contributed by atoms with E-state index in [0.29, 0.717) is 17.9 Å². The number of carbonyl (C=O) groups is 1. The molecule has 1 heterocycles.